The zero-order chi connectivity index (χ0) is 24.8. The van der Waals surface area contributed by atoms with Gasteiger partial charge in [0.2, 0.25) is 0 Å². The van der Waals surface area contributed by atoms with E-state index in [1.807, 2.05) is 0 Å². The number of halogens is 1. The molecule has 1 amide bonds. The molecular weight excluding hydrogens is 459 g/mol. The molecule has 0 spiro atoms. The van der Waals surface area contributed by atoms with Crippen LogP contribution in [0, 0.1) is 15.9 Å². The first kappa shape index (κ1) is 23.3. The molecule has 9 nitrogen and oxygen atoms in total. The van der Waals surface area contributed by atoms with Gasteiger partial charge >= 0.3 is 0 Å². The molecule has 0 aliphatic rings. The summed E-state index contributed by atoms with van der Waals surface area (Å²) in [5.41, 5.74) is -0.118. The molecule has 0 aliphatic heterocycles. The number of rotatable bonds is 9. The Labute approximate surface area is 198 Å². The standard InChI is InChI=1S/C25H19FN2O7/c1-32-19-6-8-21(9-7-19)34-23-13-17(12-18(14-23)28(30)31)27-25(29)24-11-10-22(35-24)15-33-20-4-2-16(26)3-5-20/h2-14H,15H2,1H3,(H,27,29). The third-order valence-corrected chi connectivity index (χ3v) is 4.74. The molecule has 35 heavy (non-hydrogen) atoms. The minimum atomic E-state index is -0.617. The van der Waals surface area contributed by atoms with E-state index in [9.17, 15) is 19.3 Å². The Morgan fingerprint density at radius 3 is 2.31 bits per heavy atom. The number of hydrogen-bond donors (Lipinski definition) is 1. The van der Waals surface area contributed by atoms with Gasteiger partial charge in [0.05, 0.1) is 23.8 Å². The van der Waals surface area contributed by atoms with Crippen LogP contribution in [-0.4, -0.2) is 17.9 Å². The molecule has 1 aromatic heterocycles. The Hall–Kier alpha value is -4.86. The van der Waals surface area contributed by atoms with Crippen LogP contribution in [0.4, 0.5) is 15.8 Å². The highest BCUT2D eigenvalue weighted by molar-refractivity contribution is 6.02. The number of non-ortho nitro benzene ring substituents is 1. The number of carbonyl (C=O) groups excluding carboxylic acids is 1. The molecule has 0 unspecified atom stereocenters. The van der Waals surface area contributed by atoms with Gasteiger partial charge in [0.25, 0.3) is 11.6 Å². The average Bonchev–Trinajstić information content (AvgIpc) is 3.33. The van der Waals surface area contributed by atoms with E-state index in [0.29, 0.717) is 23.0 Å². The predicted octanol–water partition coefficient (Wildman–Crippen LogP) is 5.96. The second kappa shape index (κ2) is 10.4. The number of nitrogens with one attached hydrogen (secondary N) is 1. The number of nitro groups is 1. The summed E-state index contributed by atoms with van der Waals surface area (Å²) in [7, 11) is 1.53. The summed E-state index contributed by atoms with van der Waals surface area (Å²) in [6.45, 7) is 0.0234. The molecule has 178 valence electrons. The lowest BCUT2D eigenvalue weighted by Crippen LogP contribution is -2.11. The zero-order valence-corrected chi connectivity index (χ0v) is 18.4. The Balaban J connectivity index is 1.45. The van der Waals surface area contributed by atoms with Crippen LogP contribution in [0.1, 0.15) is 16.3 Å². The molecule has 0 saturated heterocycles. The van der Waals surface area contributed by atoms with E-state index >= 15 is 0 Å². The van der Waals surface area contributed by atoms with Crippen molar-refractivity contribution in [1.29, 1.82) is 0 Å². The van der Waals surface area contributed by atoms with Crippen LogP contribution in [0.3, 0.4) is 0 Å². The molecule has 4 rings (SSSR count). The smallest absolute Gasteiger partial charge is 0.291 e. The number of nitrogens with zero attached hydrogens (tertiary/aromatic N) is 1. The summed E-state index contributed by atoms with van der Waals surface area (Å²) in [5, 5.41) is 13.9. The maximum atomic E-state index is 13.0. The van der Waals surface area contributed by atoms with Crippen LogP contribution in [0.15, 0.2) is 83.3 Å². The summed E-state index contributed by atoms with van der Waals surface area (Å²) in [4.78, 5) is 23.4. The SMILES string of the molecule is COc1ccc(Oc2cc(NC(=O)c3ccc(COc4ccc(F)cc4)o3)cc([N+](=O)[O-])c2)cc1. The number of carbonyl (C=O) groups is 1. The van der Waals surface area contributed by atoms with Gasteiger partial charge in [0.15, 0.2) is 5.76 Å². The van der Waals surface area contributed by atoms with Crippen molar-refractivity contribution >= 4 is 17.3 Å². The highest BCUT2D eigenvalue weighted by atomic mass is 19.1. The van der Waals surface area contributed by atoms with Crippen molar-refractivity contribution in [2.75, 3.05) is 12.4 Å². The van der Waals surface area contributed by atoms with Gasteiger partial charge < -0.3 is 23.9 Å². The van der Waals surface area contributed by atoms with E-state index in [2.05, 4.69) is 5.32 Å². The summed E-state index contributed by atoms with van der Waals surface area (Å²) >= 11 is 0. The second-order valence-electron chi connectivity index (χ2n) is 7.21. The first-order valence-electron chi connectivity index (χ1n) is 10.3. The number of methoxy groups -OCH3 is 1. The number of anilines is 1. The van der Waals surface area contributed by atoms with E-state index < -0.39 is 10.8 Å². The van der Waals surface area contributed by atoms with Gasteiger partial charge in [-0.3, -0.25) is 14.9 Å². The Bertz CT molecular complexity index is 1330. The molecule has 0 saturated carbocycles. The van der Waals surface area contributed by atoms with Gasteiger partial charge in [-0.05, 0) is 60.7 Å². The molecule has 0 atom stereocenters. The molecule has 1 N–H and O–H groups in total. The molecule has 0 bridgehead atoms. The van der Waals surface area contributed by atoms with Crippen LogP contribution >= 0.6 is 0 Å². The largest absolute Gasteiger partial charge is 0.497 e. The third-order valence-electron chi connectivity index (χ3n) is 4.74. The zero-order valence-electron chi connectivity index (χ0n) is 18.4. The van der Waals surface area contributed by atoms with Gasteiger partial charge in [0.1, 0.15) is 41.2 Å². The third kappa shape index (κ3) is 6.14. The van der Waals surface area contributed by atoms with Crippen molar-refractivity contribution < 1.29 is 32.7 Å². The predicted molar refractivity (Wildman–Crippen MR) is 124 cm³/mol. The summed E-state index contributed by atoms with van der Waals surface area (Å²) in [6.07, 6.45) is 0. The number of nitro benzene ring substituents is 1. The van der Waals surface area contributed by atoms with E-state index in [4.69, 9.17) is 18.6 Å². The molecule has 0 radical (unpaired) electrons. The van der Waals surface area contributed by atoms with E-state index in [1.165, 1.54) is 55.6 Å². The average molecular weight is 478 g/mol. The normalized spacial score (nSPS) is 10.5. The minimum absolute atomic E-state index is 0.0214. The fourth-order valence-electron chi connectivity index (χ4n) is 3.06. The summed E-state index contributed by atoms with van der Waals surface area (Å²) in [6, 6.07) is 19.1. The maximum absolute atomic E-state index is 13.0. The number of benzene rings is 3. The number of amides is 1. The lowest BCUT2D eigenvalue weighted by molar-refractivity contribution is -0.384. The van der Waals surface area contributed by atoms with Gasteiger partial charge in [-0.1, -0.05) is 0 Å². The van der Waals surface area contributed by atoms with E-state index in [1.54, 1.807) is 30.3 Å². The topological polar surface area (TPSA) is 113 Å². The fraction of sp³-hybridized carbons (Fsp3) is 0.0800. The van der Waals surface area contributed by atoms with Crippen molar-refractivity contribution in [2.24, 2.45) is 0 Å². The molecule has 10 heteroatoms. The monoisotopic (exact) mass is 478 g/mol. The van der Waals surface area contributed by atoms with Crippen LogP contribution in [0.25, 0.3) is 0 Å². The van der Waals surface area contributed by atoms with Crippen molar-refractivity contribution in [3.8, 4) is 23.0 Å². The first-order valence-corrected chi connectivity index (χ1v) is 10.3. The van der Waals surface area contributed by atoms with Gasteiger partial charge in [-0.2, -0.15) is 0 Å². The Morgan fingerprint density at radius 2 is 1.63 bits per heavy atom. The first-order chi connectivity index (χ1) is 16.9. The van der Waals surface area contributed by atoms with Gasteiger partial charge in [-0.15, -0.1) is 0 Å². The lowest BCUT2D eigenvalue weighted by atomic mass is 10.2. The quantitative estimate of drug-likeness (QED) is 0.233. The molecule has 4 aromatic rings. The van der Waals surface area contributed by atoms with Crippen molar-refractivity contribution in [1.82, 2.24) is 0 Å². The number of furan rings is 1. The fourth-order valence-corrected chi connectivity index (χ4v) is 3.06. The lowest BCUT2D eigenvalue weighted by Gasteiger charge is -2.09. The highest BCUT2D eigenvalue weighted by Gasteiger charge is 2.16. The highest BCUT2D eigenvalue weighted by Crippen LogP contribution is 2.31. The molecule has 0 fully saturated rings. The molecule has 1 heterocycles. The van der Waals surface area contributed by atoms with Crippen LogP contribution < -0.4 is 19.5 Å². The van der Waals surface area contributed by atoms with Crippen LogP contribution in [0.2, 0.25) is 0 Å². The van der Waals surface area contributed by atoms with Gasteiger partial charge in [0, 0.05) is 12.1 Å². The van der Waals surface area contributed by atoms with Crippen molar-refractivity contribution in [3.05, 3.63) is 106 Å². The molecular formula is C25H19FN2O7. The number of ether oxygens (including phenoxy) is 3. The van der Waals surface area contributed by atoms with E-state index in [-0.39, 0.29) is 35.3 Å². The molecule has 0 aliphatic carbocycles. The van der Waals surface area contributed by atoms with Crippen molar-refractivity contribution in [2.45, 2.75) is 6.61 Å². The van der Waals surface area contributed by atoms with Gasteiger partial charge in [-0.25, -0.2) is 4.39 Å². The van der Waals surface area contributed by atoms with Crippen LogP contribution in [0.5, 0.6) is 23.0 Å². The van der Waals surface area contributed by atoms with Crippen molar-refractivity contribution in [3.63, 3.8) is 0 Å². The second-order valence-corrected chi connectivity index (χ2v) is 7.21. The van der Waals surface area contributed by atoms with Crippen LogP contribution in [-0.2, 0) is 6.61 Å². The Morgan fingerprint density at radius 1 is 0.943 bits per heavy atom. The summed E-state index contributed by atoms with van der Waals surface area (Å²) in [5.74, 6) is 1.00. The minimum Gasteiger partial charge on any atom is -0.497 e. The molecule has 3 aromatic carbocycles. The Kier molecular flexibility index (Phi) is 6.91. The summed E-state index contributed by atoms with van der Waals surface area (Å²) < 4.78 is 34.8. The maximum Gasteiger partial charge on any atom is 0.291 e. The number of hydrogen-bond acceptors (Lipinski definition) is 7. The van der Waals surface area contributed by atoms with E-state index in [0.717, 1.165) is 0 Å².